The number of thiophene rings is 1. The van der Waals surface area contributed by atoms with E-state index in [1.54, 1.807) is 47.7 Å². The summed E-state index contributed by atoms with van der Waals surface area (Å²) in [6, 6.07) is 12.2. The molecule has 0 aliphatic rings. The highest BCUT2D eigenvalue weighted by Gasteiger charge is 2.19. The van der Waals surface area contributed by atoms with Crippen molar-refractivity contribution in [1.82, 2.24) is 10.1 Å². The fourth-order valence-corrected chi connectivity index (χ4v) is 6.07. The number of hydrogen-bond acceptors (Lipinski definition) is 7. The topological polar surface area (TPSA) is 85.1 Å². The first kappa shape index (κ1) is 17.9. The zero-order valence-corrected chi connectivity index (χ0v) is 16.9. The van der Waals surface area contributed by atoms with E-state index in [1.807, 2.05) is 19.9 Å². The van der Waals surface area contributed by atoms with Crippen LogP contribution >= 0.6 is 22.7 Å². The van der Waals surface area contributed by atoms with E-state index < -0.39 is 10.0 Å². The minimum absolute atomic E-state index is 0.267. The standard InChI is InChI=1S/C18H15N3O3S3/c1-11-18(25-12(2)19-11)16-7-8-17(26-16)27(22,23)21-14-5-3-13(4-6-14)15-9-10-24-20-15/h3-10,21H,1-2H3. The van der Waals surface area contributed by atoms with Gasteiger partial charge in [-0.1, -0.05) is 17.3 Å². The molecule has 0 amide bonds. The molecule has 0 saturated carbocycles. The van der Waals surface area contributed by atoms with Crippen LogP contribution in [0.4, 0.5) is 5.69 Å². The molecular weight excluding hydrogens is 402 g/mol. The van der Waals surface area contributed by atoms with Gasteiger partial charge in [0.1, 0.15) is 16.2 Å². The molecule has 1 aromatic carbocycles. The second-order valence-electron chi connectivity index (χ2n) is 5.83. The first-order valence-electron chi connectivity index (χ1n) is 8.00. The number of aryl methyl sites for hydroxylation is 2. The molecule has 1 N–H and O–H groups in total. The maximum Gasteiger partial charge on any atom is 0.271 e. The van der Waals surface area contributed by atoms with Gasteiger partial charge in [-0.25, -0.2) is 13.4 Å². The van der Waals surface area contributed by atoms with E-state index in [9.17, 15) is 8.42 Å². The van der Waals surface area contributed by atoms with Crippen LogP contribution in [0.2, 0.25) is 0 Å². The lowest BCUT2D eigenvalue weighted by molar-refractivity contribution is 0.422. The monoisotopic (exact) mass is 417 g/mol. The minimum atomic E-state index is -3.65. The molecule has 3 heterocycles. The second-order valence-corrected chi connectivity index (χ2v) is 10.0. The van der Waals surface area contributed by atoms with Gasteiger partial charge in [-0.05, 0) is 38.1 Å². The molecule has 0 saturated heterocycles. The summed E-state index contributed by atoms with van der Waals surface area (Å²) in [5.41, 5.74) is 2.95. The highest BCUT2D eigenvalue weighted by Crippen LogP contribution is 2.36. The van der Waals surface area contributed by atoms with E-state index in [1.165, 1.54) is 17.6 Å². The number of nitrogens with one attached hydrogen (secondary N) is 1. The molecule has 4 rings (SSSR count). The molecule has 4 aromatic rings. The van der Waals surface area contributed by atoms with E-state index >= 15 is 0 Å². The third-order valence-electron chi connectivity index (χ3n) is 3.84. The van der Waals surface area contributed by atoms with Gasteiger partial charge in [0.05, 0.1) is 15.6 Å². The average Bonchev–Trinajstić information content (AvgIpc) is 3.36. The van der Waals surface area contributed by atoms with Gasteiger partial charge in [0.2, 0.25) is 0 Å². The average molecular weight is 418 g/mol. The van der Waals surface area contributed by atoms with Crippen LogP contribution in [0.5, 0.6) is 0 Å². The molecule has 0 aliphatic heterocycles. The lowest BCUT2D eigenvalue weighted by Crippen LogP contribution is -2.11. The molecule has 0 radical (unpaired) electrons. The van der Waals surface area contributed by atoms with E-state index in [0.717, 1.165) is 26.0 Å². The Kier molecular flexibility index (Phi) is 4.58. The van der Waals surface area contributed by atoms with Crippen molar-refractivity contribution in [3.8, 4) is 21.0 Å². The number of nitrogens with zero attached hydrogens (tertiary/aromatic N) is 2. The first-order valence-corrected chi connectivity index (χ1v) is 11.1. The molecule has 3 aromatic heterocycles. The van der Waals surface area contributed by atoms with Crippen LogP contribution in [0.3, 0.4) is 0 Å². The van der Waals surface area contributed by atoms with Crippen molar-refractivity contribution in [2.45, 2.75) is 18.1 Å². The Balaban J connectivity index is 1.56. The third kappa shape index (κ3) is 3.66. The summed E-state index contributed by atoms with van der Waals surface area (Å²) in [5, 5.41) is 4.83. The van der Waals surface area contributed by atoms with Crippen molar-refractivity contribution in [3.05, 3.63) is 59.4 Å². The van der Waals surface area contributed by atoms with Gasteiger partial charge in [0.15, 0.2) is 0 Å². The summed E-state index contributed by atoms with van der Waals surface area (Å²) in [6.45, 7) is 3.87. The first-order chi connectivity index (χ1) is 12.9. The predicted octanol–water partition coefficient (Wildman–Crippen LogP) is 4.94. The van der Waals surface area contributed by atoms with Crippen LogP contribution in [0, 0.1) is 13.8 Å². The Morgan fingerprint density at radius 3 is 2.41 bits per heavy atom. The van der Waals surface area contributed by atoms with Crippen molar-refractivity contribution in [2.75, 3.05) is 4.72 Å². The molecule has 0 atom stereocenters. The fraction of sp³-hybridized carbons (Fsp3) is 0.111. The van der Waals surface area contributed by atoms with Crippen molar-refractivity contribution in [1.29, 1.82) is 0 Å². The molecule has 138 valence electrons. The Hall–Kier alpha value is -2.49. The van der Waals surface area contributed by atoms with Crippen molar-refractivity contribution >= 4 is 38.4 Å². The van der Waals surface area contributed by atoms with Crippen LogP contribution in [-0.2, 0) is 10.0 Å². The normalized spacial score (nSPS) is 11.6. The molecule has 0 spiro atoms. The minimum Gasteiger partial charge on any atom is -0.364 e. The molecule has 0 aliphatic carbocycles. The molecule has 0 bridgehead atoms. The van der Waals surface area contributed by atoms with E-state index in [0.29, 0.717) is 11.4 Å². The summed E-state index contributed by atoms with van der Waals surface area (Å²) >= 11 is 2.80. The number of anilines is 1. The summed E-state index contributed by atoms with van der Waals surface area (Å²) in [6.07, 6.45) is 1.49. The van der Waals surface area contributed by atoms with E-state index in [2.05, 4.69) is 14.9 Å². The third-order valence-corrected chi connectivity index (χ3v) is 8.06. The zero-order valence-electron chi connectivity index (χ0n) is 14.5. The Morgan fingerprint density at radius 1 is 1.00 bits per heavy atom. The highest BCUT2D eigenvalue weighted by molar-refractivity contribution is 7.94. The summed E-state index contributed by atoms with van der Waals surface area (Å²) < 4.78 is 33.1. The number of sulfonamides is 1. The summed E-state index contributed by atoms with van der Waals surface area (Å²) in [4.78, 5) is 6.32. The maximum atomic E-state index is 12.7. The van der Waals surface area contributed by atoms with Gasteiger partial charge >= 0.3 is 0 Å². The zero-order chi connectivity index (χ0) is 19.0. The lowest BCUT2D eigenvalue weighted by atomic mass is 10.1. The van der Waals surface area contributed by atoms with Crippen LogP contribution in [0.25, 0.3) is 21.0 Å². The van der Waals surface area contributed by atoms with Gasteiger partial charge in [0, 0.05) is 22.2 Å². The van der Waals surface area contributed by atoms with Gasteiger partial charge in [-0.3, -0.25) is 4.72 Å². The van der Waals surface area contributed by atoms with Crippen molar-refractivity contribution in [3.63, 3.8) is 0 Å². The Bertz CT molecular complexity index is 1170. The molecule has 9 heteroatoms. The van der Waals surface area contributed by atoms with Gasteiger partial charge in [-0.15, -0.1) is 22.7 Å². The number of aromatic nitrogens is 2. The van der Waals surface area contributed by atoms with Crippen molar-refractivity contribution < 1.29 is 12.9 Å². The van der Waals surface area contributed by atoms with Crippen molar-refractivity contribution in [2.24, 2.45) is 0 Å². The number of hydrogen-bond donors (Lipinski definition) is 1. The smallest absolute Gasteiger partial charge is 0.271 e. The Labute approximate surface area is 164 Å². The van der Waals surface area contributed by atoms with Gasteiger partial charge < -0.3 is 4.52 Å². The second kappa shape index (κ2) is 6.91. The van der Waals surface area contributed by atoms with Crippen LogP contribution < -0.4 is 4.72 Å². The van der Waals surface area contributed by atoms with Gasteiger partial charge in [-0.2, -0.15) is 0 Å². The molecule has 0 unspecified atom stereocenters. The quantitative estimate of drug-likeness (QED) is 0.497. The van der Waals surface area contributed by atoms with E-state index in [-0.39, 0.29) is 4.21 Å². The molecular formula is C18H15N3O3S3. The van der Waals surface area contributed by atoms with Gasteiger partial charge in [0.25, 0.3) is 10.0 Å². The summed E-state index contributed by atoms with van der Waals surface area (Å²) in [5.74, 6) is 0. The Morgan fingerprint density at radius 2 is 1.78 bits per heavy atom. The van der Waals surface area contributed by atoms with Crippen LogP contribution in [0.15, 0.2) is 57.5 Å². The molecule has 27 heavy (non-hydrogen) atoms. The van der Waals surface area contributed by atoms with Crippen LogP contribution in [-0.4, -0.2) is 18.6 Å². The number of rotatable bonds is 5. The lowest BCUT2D eigenvalue weighted by Gasteiger charge is -2.06. The largest absolute Gasteiger partial charge is 0.364 e. The fourth-order valence-electron chi connectivity index (χ4n) is 2.62. The number of benzene rings is 1. The predicted molar refractivity (Wildman–Crippen MR) is 108 cm³/mol. The molecule has 6 nitrogen and oxygen atoms in total. The van der Waals surface area contributed by atoms with E-state index in [4.69, 9.17) is 4.52 Å². The molecule has 0 fully saturated rings. The number of thiazole rings is 1. The maximum absolute atomic E-state index is 12.7. The SMILES string of the molecule is Cc1nc(C)c(-c2ccc(S(=O)(=O)Nc3ccc(-c4ccon4)cc3)s2)s1. The van der Waals surface area contributed by atoms with Crippen LogP contribution in [0.1, 0.15) is 10.7 Å². The summed E-state index contributed by atoms with van der Waals surface area (Å²) in [7, 11) is -3.65. The highest BCUT2D eigenvalue weighted by atomic mass is 32.2.